The normalized spacial score (nSPS) is 15.5. The maximum Gasteiger partial charge on any atom is 0.416 e. The predicted molar refractivity (Wildman–Crippen MR) is 116 cm³/mol. The average Bonchev–Trinajstić information content (AvgIpc) is 2.75. The Bertz CT molecular complexity index is 1040. The van der Waals surface area contributed by atoms with E-state index in [4.69, 9.17) is 0 Å². The summed E-state index contributed by atoms with van der Waals surface area (Å²) in [6, 6.07) is 16.5. The van der Waals surface area contributed by atoms with Crippen molar-refractivity contribution in [2.45, 2.75) is 31.6 Å². The topological polar surface area (TPSA) is 38.1 Å². The van der Waals surface area contributed by atoms with E-state index >= 15 is 0 Å². The average molecular weight is 450 g/mol. The van der Waals surface area contributed by atoms with Gasteiger partial charge in [-0.1, -0.05) is 42.5 Å². The first-order valence-electron chi connectivity index (χ1n) is 9.93. The summed E-state index contributed by atoms with van der Waals surface area (Å²) < 4.78 is 39.9. The molecule has 0 aliphatic carbocycles. The van der Waals surface area contributed by atoms with E-state index in [0.717, 1.165) is 44.6 Å². The summed E-state index contributed by atoms with van der Waals surface area (Å²) in [7, 11) is 0. The van der Waals surface area contributed by atoms with Crippen LogP contribution in [0.15, 0.2) is 71.7 Å². The molecule has 2 heterocycles. The van der Waals surface area contributed by atoms with Crippen LogP contribution in [0.2, 0.25) is 0 Å². The minimum absolute atomic E-state index is 0. The fourth-order valence-electron chi connectivity index (χ4n) is 3.91. The fourth-order valence-corrected chi connectivity index (χ4v) is 3.91. The Morgan fingerprint density at radius 3 is 2.19 bits per heavy atom. The van der Waals surface area contributed by atoms with E-state index in [1.807, 2.05) is 18.2 Å². The van der Waals surface area contributed by atoms with Gasteiger partial charge in [0.2, 0.25) is 0 Å². The third kappa shape index (κ3) is 5.35. The van der Waals surface area contributed by atoms with E-state index in [-0.39, 0.29) is 24.0 Å². The zero-order valence-electron chi connectivity index (χ0n) is 16.8. The van der Waals surface area contributed by atoms with Crippen LogP contribution in [0.5, 0.6) is 0 Å². The minimum Gasteiger partial charge on any atom is -0.299 e. The highest BCUT2D eigenvalue weighted by Crippen LogP contribution is 2.30. The molecule has 1 fully saturated rings. The molecular formula is C23H23ClF3N3O. The van der Waals surface area contributed by atoms with Crippen molar-refractivity contribution in [2.75, 3.05) is 13.1 Å². The van der Waals surface area contributed by atoms with Crippen molar-refractivity contribution < 1.29 is 13.2 Å². The van der Waals surface area contributed by atoms with Crippen molar-refractivity contribution in [1.82, 2.24) is 14.7 Å². The van der Waals surface area contributed by atoms with Gasteiger partial charge in [0.05, 0.1) is 17.2 Å². The van der Waals surface area contributed by atoms with Crippen molar-refractivity contribution in [1.29, 1.82) is 0 Å². The van der Waals surface area contributed by atoms with Crippen LogP contribution in [-0.2, 0) is 12.7 Å². The van der Waals surface area contributed by atoms with Crippen LogP contribution in [0.4, 0.5) is 13.2 Å². The molecule has 0 spiro atoms. The second kappa shape index (κ2) is 9.66. The van der Waals surface area contributed by atoms with Crippen molar-refractivity contribution in [3.8, 4) is 11.1 Å². The largest absolute Gasteiger partial charge is 0.416 e. The number of alkyl halides is 3. The highest BCUT2D eigenvalue weighted by atomic mass is 35.5. The Morgan fingerprint density at radius 1 is 0.935 bits per heavy atom. The predicted octanol–water partition coefficient (Wildman–Crippen LogP) is 5.19. The standard InChI is InChI=1S/C23H22F3N3O.ClH/c24-23(25,26)19-8-6-18(7-9-19)21-10-13-27-29(22(21)30)20-11-14-28(15-12-20)16-17-4-2-1-3-5-17;/h1-10,13,20H,11-12,14-16H2;1H. The summed E-state index contributed by atoms with van der Waals surface area (Å²) in [4.78, 5) is 15.3. The molecule has 164 valence electrons. The zero-order chi connectivity index (χ0) is 21.1. The molecule has 2 aromatic carbocycles. The molecule has 0 bridgehead atoms. The molecule has 0 saturated carbocycles. The number of hydrogen-bond acceptors (Lipinski definition) is 3. The number of nitrogens with zero attached hydrogens (tertiary/aromatic N) is 3. The van der Waals surface area contributed by atoms with Crippen LogP contribution in [0.25, 0.3) is 11.1 Å². The van der Waals surface area contributed by atoms with Gasteiger partial charge in [0.1, 0.15) is 0 Å². The number of hydrogen-bond donors (Lipinski definition) is 0. The molecule has 4 nitrogen and oxygen atoms in total. The Kier molecular flexibility index (Phi) is 7.18. The number of likely N-dealkylation sites (tertiary alicyclic amines) is 1. The number of aromatic nitrogens is 2. The highest BCUT2D eigenvalue weighted by molar-refractivity contribution is 5.85. The van der Waals surface area contributed by atoms with Gasteiger partial charge in [-0.2, -0.15) is 18.3 Å². The summed E-state index contributed by atoms with van der Waals surface area (Å²) in [5.41, 5.74) is 1.09. The number of benzene rings is 2. The molecular weight excluding hydrogens is 427 g/mol. The summed E-state index contributed by atoms with van der Waals surface area (Å²) in [6.45, 7) is 2.60. The molecule has 31 heavy (non-hydrogen) atoms. The van der Waals surface area contributed by atoms with E-state index in [1.54, 1.807) is 12.3 Å². The van der Waals surface area contributed by atoms with Gasteiger partial charge >= 0.3 is 6.18 Å². The second-order valence-electron chi connectivity index (χ2n) is 7.56. The van der Waals surface area contributed by atoms with E-state index in [2.05, 4.69) is 22.1 Å². The lowest BCUT2D eigenvalue weighted by Gasteiger charge is -2.32. The Hall–Kier alpha value is -2.64. The molecule has 8 heteroatoms. The fraction of sp³-hybridized carbons (Fsp3) is 0.304. The van der Waals surface area contributed by atoms with Gasteiger partial charge in [-0.25, -0.2) is 4.68 Å². The van der Waals surface area contributed by atoms with E-state index in [0.29, 0.717) is 11.1 Å². The van der Waals surface area contributed by atoms with Crippen molar-refractivity contribution in [2.24, 2.45) is 0 Å². The quantitative estimate of drug-likeness (QED) is 0.550. The molecule has 1 saturated heterocycles. The maximum absolute atomic E-state index is 13.0. The minimum atomic E-state index is -4.40. The van der Waals surface area contributed by atoms with Gasteiger partial charge in [0.15, 0.2) is 0 Å². The zero-order valence-corrected chi connectivity index (χ0v) is 17.6. The van der Waals surface area contributed by atoms with Gasteiger partial charge in [0, 0.05) is 25.8 Å². The van der Waals surface area contributed by atoms with E-state index < -0.39 is 11.7 Å². The van der Waals surface area contributed by atoms with E-state index in [9.17, 15) is 18.0 Å². The van der Waals surface area contributed by atoms with Crippen LogP contribution >= 0.6 is 12.4 Å². The summed E-state index contributed by atoms with van der Waals surface area (Å²) in [5.74, 6) is 0. The number of halogens is 4. The Labute approximate surface area is 184 Å². The summed E-state index contributed by atoms with van der Waals surface area (Å²) in [6.07, 6.45) is -1.25. The molecule has 0 N–H and O–H groups in total. The summed E-state index contributed by atoms with van der Waals surface area (Å²) >= 11 is 0. The third-order valence-electron chi connectivity index (χ3n) is 5.55. The number of rotatable bonds is 4. The monoisotopic (exact) mass is 449 g/mol. The van der Waals surface area contributed by atoms with Gasteiger partial charge in [-0.15, -0.1) is 12.4 Å². The first-order valence-corrected chi connectivity index (χ1v) is 9.93. The van der Waals surface area contributed by atoms with E-state index in [1.165, 1.54) is 22.4 Å². The Morgan fingerprint density at radius 2 is 1.58 bits per heavy atom. The lowest BCUT2D eigenvalue weighted by Crippen LogP contribution is -2.38. The molecule has 0 unspecified atom stereocenters. The molecule has 1 aliphatic rings. The Balaban J connectivity index is 0.00000272. The maximum atomic E-state index is 13.0. The van der Waals surface area contributed by atoms with Crippen LogP contribution in [-0.4, -0.2) is 27.8 Å². The molecule has 1 aliphatic heterocycles. The van der Waals surface area contributed by atoms with Crippen LogP contribution in [0, 0.1) is 0 Å². The molecule has 0 atom stereocenters. The van der Waals surface area contributed by atoms with Gasteiger partial charge in [0.25, 0.3) is 5.56 Å². The molecule has 4 rings (SSSR count). The van der Waals surface area contributed by atoms with Crippen LogP contribution < -0.4 is 5.56 Å². The van der Waals surface area contributed by atoms with Crippen LogP contribution in [0.1, 0.15) is 30.0 Å². The van der Waals surface area contributed by atoms with Gasteiger partial charge in [-0.05, 0) is 42.2 Å². The lowest BCUT2D eigenvalue weighted by molar-refractivity contribution is -0.137. The van der Waals surface area contributed by atoms with Crippen molar-refractivity contribution in [3.63, 3.8) is 0 Å². The van der Waals surface area contributed by atoms with Gasteiger partial charge in [-0.3, -0.25) is 9.69 Å². The molecule has 0 radical (unpaired) electrons. The van der Waals surface area contributed by atoms with Gasteiger partial charge < -0.3 is 0 Å². The highest BCUT2D eigenvalue weighted by Gasteiger charge is 2.30. The molecule has 0 amide bonds. The second-order valence-corrected chi connectivity index (χ2v) is 7.56. The van der Waals surface area contributed by atoms with Crippen LogP contribution in [0.3, 0.4) is 0 Å². The number of piperidine rings is 1. The first-order chi connectivity index (χ1) is 14.4. The lowest BCUT2D eigenvalue weighted by atomic mass is 10.0. The summed E-state index contributed by atoms with van der Waals surface area (Å²) in [5, 5.41) is 4.26. The SMILES string of the molecule is Cl.O=c1c(-c2ccc(C(F)(F)F)cc2)ccnn1C1CCN(Cc2ccccc2)CC1. The first kappa shape index (κ1) is 23.0. The van der Waals surface area contributed by atoms with Crippen molar-refractivity contribution >= 4 is 12.4 Å². The van der Waals surface area contributed by atoms with Crippen molar-refractivity contribution in [3.05, 3.63) is 88.3 Å². The molecule has 1 aromatic heterocycles. The smallest absolute Gasteiger partial charge is 0.299 e. The third-order valence-corrected chi connectivity index (χ3v) is 5.55. The molecule has 3 aromatic rings.